The molecule has 1 heterocycles. The van der Waals surface area contributed by atoms with Gasteiger partial charge in [0, 0.05) is 11.1 Å². The first-order valence-corrected chi connectivity index (χ1v) is 7.67. The van der Waals surface area contributed by atoms with Gasteiger partial charge in [0.2, 0.25) is 0 Å². The molecule has 1 amide bonds. The normalized spacial score (nSPS) is 9.88. The molecule has 4 heteroatoms. The summed E-state index contributed by atoms with van der Waals surface area (Å²) in [6.07, 6.45) is 0. The molecule has 0 saturated heterocycles. The molecule has 4 nitrogen and oxygen atoms in total. The SMILES string of the molecule is Cc1ccc(-c2cc(C(=O)NCC#Cc3ccccc3)[nH]n2)cc1. The Bertz CT molecular complexity index is 884. The summed E-state index contributed by atoms with van der Waals surface area (Å²) in [6.45, 7) is 2.32. The van der Waals surface area contributed by atoms with Crippen LogP contribution < -0.4 is 5.32 Å². The summed E-state index contributed by atoms with van der Waals surface area (Å²) in [5.74, 6) is 5.71. The van der Waals surface area contributed by atoms with E-state index in [1.54, 1.807) is 6.07 Å². The fourth-order valence-corrected chi connectivity index (χ4v) is 2.20. The molecule has 0 fully saturated rings. The van der Waals surface area contributed by atoms with Gasteiger partial charge >= 0.3 is 0 Å². The number of aromatic nitrogens is 2. The lowest BCUT2D eigenvalue weighted by atomic mass is 10.1. The standard InChI is InChI=1S/C20H17N3O/c1-15-9-11-17(12-10-15)18-14-19(23-22-18)20(24)21-13-5-8-16-6-3-2-4-7-16/h2-4,6-7,9-12,14H,13H2,1H3,(H,21,24)(H,22,23). The van der Waals surface area contributed by atoms with Crippen molar-refractivity contribution >= 4 is 5.91 Å². The molecule has 2 aromatic carbocycles. The molecule has 0 aliphatic heterocycles. The van der Waals surface area contributed by atoms with Gasteiger partial charge in [-0.3, -0.25) is 9.89 Å². The molecule has 0 aliphatic rings. The zero-order valence-corrected chi connectivity index (χ0v) is 13.3. The lowest BCUT2D eigenvalue weighted by Gasteiger charge is -1.97. The molecule has 24 heavy (non-hydrogen) atoms. The number of benzene rings is 2. The summed E-state index contributed by atoms with van der Waals surface area (Å²) in [5, 5.41) is 9.72. The summed E-state index contributed by atoms with van der Waals surface area (Å²) >= 11 is 0. The van der Waals surface area contributed by atoms with E-state index in [0.717, 1.165) is 16.8 Å². The molecular weight excluding hydrogens is 298 g/mol. The van der Waals surface area contributed by atoms with Gasteiger partial charge in [0.1, 0.15) is 5.69 Å². The molecule has 3 aromatic rings. The number of amides is 1. The summed E-state index contributed by atoms with van der Waals surface area (Å²) in [6, 6.07) is 19.4. The second-order valence-corrected chi connectivity index (χ2v) is 5.38. The fourth-order valence-electron chi connectivity index (χ4n) is 2.20. The van der Waals surface area contributed by atoms with Crippen molar-refractivity contribution < 1.29 is 4.79 Å². The van der Waals surface area contributed by atoms with Gasteiger partial charge < -0.3 is 5.32 Å². The van der Waals surface area contributed by atoms with Crippen molar-refractivity contribution in [1.82, 2.24) is 15.5 Å². The summed E-state index contributed by atoms with van der Waals surface area (Å²) in [4.78, 5) is 12.1. The molecule has 0 spiro atoms. The molecule has 0 bridgehead atoms. The summed E-state index contributed by atoms with van der Waals surface area (Å²) < 4.78 is 0. The predicted octanol–water partition coefficient (Wildman–Crippen LogP) is 3.17. The molecular formula is C20H17N3O. The van der Waals surface area contributed by atoms with Crippen molar-refractivity contribution in [3.8, 4) is 23.1 Å². The van der Waals surface area contributed by atoms with Crippen LogP contribution in [0.2, 0.25) is 0 Å². The highest BCUT2D eigenvalue weighted by atomic mass is 16.1. The number of nitrogens with zero attached hydrogens (tertiary/aromatic N) is 1. The number of aromatic amines is 1. The van der Waals surface area contributed by atoms with E-state index >= 15 is 0 Å². The van der Waals surface area contributed by atoms with Crippen LogP contribution in [-0.2, 0) is 0 Å². The van der Waals surface area contributed by atoms with E-state index in [9.17, 15) is 4.79 Å². The molecule has 0 unspecified atom stereocenters. The Hall–Kier alpha value is -3.32. The minimum atomic E-state index is -0.219. The maximum atomic E-state index is 12.1. The fraction of sp³-hybridized carbons (Fsp3) is 0.100. The van der Waals surface area contributed by atoms with E-state index in [0.29, 0.717) is 5.69 Å². The lowest BCUT2D eigenvalue weighted by Crippen LogP contribution is -2.23. The largest absolute Gasteiger partial charge is 0.340 e. The van der Waals surface area contributed by atoms with Crippen LogP contribution in [-0.4, -0.2) is 22.6 Å². The number of rotatable bonds is 3. The zero-order valence-electron chi connectivity index (χ0n) is 13.3. The molecule has 1 aromatic heterocycles. The molecule has 0 radical (unpaired) electrons. The van der Waals surface area contributed by atoms with Gasteiger partial charge in [-0.05, 0) is 25.1 Å². The van der Waals surface area contributed by atoms with Crippen molar-refractivity contribution in [3.63, 3.8) is 0 Å². The highest BCUT2D eigenvalue weighted by Crippen LogP contribution is 2.18. The third kappa shape index (κ3) is 3.90. The van der Waals surface area contributed by atoms with E-state index < -0.39 is 0 Å². The van der Waals surface area contributed by atoms with E-state index in [4.69, 9.17) is 0 Å². The first-order chi connectivity index (χ1) is 11.7. The van der Waals surface area contributed by atoms with Crippen LogP contribution in [0.3, 0.4) is 0 Å². The Labute approximate surface area is 140 Å². The van der Waals surface area contributed by atoms with Gasteiger partial charge in [0.05, 0.1) is 12.2 Å². The van der Waals surface area contributed by atoms with Crippen molar-refractivity contribution in [3.05, 3.63) is 77.5 Å². The maximum absolute atomic E-state index is 12.1. The van der Waals surface area contributed by atoms with Crippen molar-refractivity contribution in [2.24, 2.45) is 0 Å². The predicted molar refractivity (Wildman–Crippen MR) is 94.4 cm³/mol. The lowest BCUT2D eigenvalue weighted by molar-refractivity contribution is 0.0953. The second kappa shape index (κ2) is 7.30. The Morgan fingerprint density at radius 3 is 2.62 bits per heavy atom. The molecule has 118 valence electrons. The van der Waals surface area contributed by atoms with Gasteiger partial charge in [0.25, 0.3) is 5.91 Å². The molecule has 3 rings (SSSR count). The number of hydrogen-bond acceptors (Lipinski definition) is 2. The van der Waals surface area contributed by atoms with Crippen LogP contribution in [0.1, 0.15) is 21.6 Å². The minimum Gasteiger partial charge on any atom is -0.340 e. The Morgan fingerprint density at radius 1 is 1.12 bits per heavy atom. The smallest absolute Gasteiger partial charge is 0.270 e. The molecule has 2 N–H and O–H groups in total. The summed E-state index contributed by atoms with van der Waals surface area (Å²) in [7, 11) is 0. The number of carbonyl (C=O) groups is 1. The van der Waals surface area contributed by atoms with E-state index in [1.807, 2.05) is 61.5 Å². The van der Waals surface area contributed by atoms with Crippen LogP contribution >= 0.6 is 0 Å². The number of hydrogen-bond donors (Lipinski definition) is 2. The first kappa shape index (κ1) is 15.6. The highest BCUT2D eigenvalue weighted by Gasteiger charge is 2.09. The van der Waals surface area contributed by atoms with E-state index in [1.165, 1.54) is 5.56 Å². The molecule has 0 aliphatic carbocycles. The topological polar surface area (TPSA) is 57.8 Å². The van der Waals surface area contributed by atoms with Crippen LogP contribution in [0.5, 0.6) is 0 Å². The quantitative estimate of drug-likeness (QED) is 0.729. The first-order valence-electron chi connectivity index (χ1n) is 7.67. The molecule has 0 saturated carbocycles. The Balaban J connectivity index is 1.60. The van der Waals surface area contributed by atoms with Gasteiger partial charge in [-0.1, -0.05) is 59.9 Å². The third-order valence-corrected chi connectivity index (χ3v) is 3.51. The number of carbonyl (C=O) groups excluding carboxylic acids is 1. The number of nitrogens with one attached hydrogen (secondary N) is 2. The Kier molecular flexibility index (Phi) is 4.73. The van der Waals surface area contributed by atoms with Gasteiger partial charge in [0.15, 0.2) is 0 Å². The van der Waals surface area contributed by atoms with Crippen LogP contribution in [0.25, 0.3) is 11.3 Å². The third-order valence-electron chi connectivity index (χ3n) is 3.51. The number of H-pyrrole nitrogens is 1. The average Bonchev–Trinajstić information content (AvgIpc) is 3.10. The van der Waals surface area contributed by atoms with Gasteiger partial charge in [-0.25, -0.2) is 0 Å². The second-order valence-electron chi connectivity index (χ2n) is 5.38. The number of aryl methyl sites for hydroxylation is 1. The zero-order chi connectivity index (χ0) is 16.8. The van der Waals surface area contributed by atoms with Crippen molar-refractivity contribution in [2.75, 3.05) is 6.54 Å². The Morgan fingerprint density at radius 2 is 1.88 bits per heavy atom. The highest BCUT2D eigenvalue weighted by molar-refractivity contribution is 5.93. The van der Waals surface area contributed by atoms with Crippen LogP contribution in [0.4, 0.5) is 0 Å². The van der Waals surface area contributed by atoms with Crippen molar-refractivity contribution in [2.45, 2.75) is 6.92 Å². The van der Waals surface area contributed by atoms with E-state index in [2.05, 4.69) is 27.4 Å². The minimum absolute atomic E-state index is 0.219. The summed E-state index contributed by atoms with van der Waals surface area (Å²) in [5.41, 5.74) is 4.25. The molecule has 0 atom stereocenters. The van der Waals surface area contributed by atoms with Crippen molar-refractivity contribution in [1.29, 1.82) is 0 Å². The monoisotopic (exact) mass is 315 g/mol. The average molecular weight is 315 g/mol. The van der Waals surface area contributed by atoms with Crippen LogP contribution in [0, 0.1) is 18.8 Å². The maximum Gasteiger partial charge on any atom is 0.270 e. The van der Waals surface area contributed by atoms with Crippen LogP contribution in [0.15, 0.2) is 60.7 Å². The van der Waals surface area contributed by atoms with Gasteiger partial charge in [-0.2, -0.15) is 5.10 Å². The van der Waals surface area contributed by atoms with Gasteiger partial charge in [-0.15, -0.1) is 0 Å². The van der Waals surface area contributed by atoms with E-state index in [-0.39, 0.29) is 12.5 Å².